The van der Waals surface area contributed by atoms with Gasteiger partial charge < -0.3 is 23.4 Å². The second-order valence-electron chi connectivity index (χ2n) is 12.4. The van der Waals surface area contributed by atoms with Gasteiger partial charge in [-0.3, -0.25) is 4.79 Å². The molecule has 0 aromatic heterocycles. The van der Waals surface area contributed by atoms with Gasteiger partial charge in [0.1, 0.15) is 24.4 Å². The predicted molar refractivity (Wildman–Crippen MR) is 176 cm³/mol. The smallest absolute Gasteiger partial charge is 0.312 e. The van der Waals surface area contributed by atoms with Gasteiger partial charge in [0.2, 0.25) is 0 Å². The first-order valence-corrected chi connectivity index (χ1v) is 19.3. The maximum Gasteiger partial charge on any atom is 0.312 e. The normalized spacial score (nSPS) is 35.1. The van der Waals surface area contributed by atoms with Gasteiger partial charge in [-0.25, -0.2) is 0 Å². The van der Waals surface area contributed by atoms with Gasteiger partial charge >= 0.3 is 5.97 Å². The maximum absolute atomic E-state index is 13.5. The number of carbonyl (C=O) groups excluding carboxylic acids is 1. The highest BCUT2D eigenvalue weighted by Crippen LogP contribution is 2.37. The number of fused-ring (bicyclic) bond motifs is 3. The van der Waals surface area contributed by atoms with Crippen molar-refractivity contribution in [2.45, 2.75) is 141 Å². The van der Waals surface area contributed by atoms with Gasteiger partial charge in [-0.1, -0.05) is 70.7 Å². The predicted octanol–water partition coefficient (Wildman–Crippen LogP) is 8.43. The van der Waals surface area contributed by atoms with Crippen LogP contribution in [0.5, 0.6) is 0 Å². The number of esters is 1. The van der Waals surface area contributed by atoms with E-state index in [-0.39, 0.29) is 42.4 Å². The fraction of sp³-hybridized carbons (Fsp3) is 0.727. The summed E-state index contributed by atoms with van der Waals surface area (Å²) in [6.45, 7) is 18.8. The Morgan fingerprint density at radius 3 is 2.34 bits per heavy atom. The molecule has 2 saturated heterocycles. The third kappa shape index (κ3) is 9.86. The van der Waals surface area contributed by atoms with Crippen molar-refractivity contribution in [1.82, 2.24) is 0 Å². The van der Waals surface area contributed by atoms with E-state index in [9.17, 15) is 4.79 Å². The molecule has 1 unspecified atom stereocenters. The Balaban J connectivity index is 1.96. The summed E-state index contributed by atoms with van der Waals surface area (Å²) in [5, 5.41) is 0. The van der Waals surface area contributed by atoms with Gasteiger partial charge in [0.15, 0.2) is 14.1 Å². The number of rotatable bonds is 8. The highest BCUT2D eigenvalue weighted by molar-refractivity contribution is 14.1. The van der Waals surface area contributed by atoms with E-state index in [0.29, 0.717) is 0 Å². The topological polar surface area (TPSA) is 63.2 Å². The molecule has 0 radical (unpaired) electrons. The van der Waals surface area contributed by atoms with Crippen LogP contribution >= 0.6 is 22.6 Å². The lowest BCUT2D eigenvalue weighted by atomic mass is 9.92. The van der Waals surface area contributed by atoms with Gasteiger partial charge in [0.25, 0.3) is 0 Å². The number of ether oxygens (including phenoxy) is 4. The summed E-state index contributed by atoms with van der Waals surface area (Å²) in [5.41, 5.74) is 0. The minimum absolute atomic E-state index is 0.0534. The van der Waals surface area contributed by atoms with Crippen LogP contribution in [0.1, 0.15) is 80.6 Å². The van der Waals surface area contributed by atoms with Crippen LogP contribution in [-0.4, -0.2) is 56.7 Å². The molecule has 2 fully saturated rings. The van der Waals surface area contributed by atoms with Gasteiger partial charge in [-0.15, -0.1) is 0 Å². The standard InChI is InChI=1S/C33H53IO6Si/c1-9-41(10-2,11-3)40-31-29-21-20-26(36-29)17-13-15-19-28-27(38-33(7,8)39-28)18-14-12-16-23(4)32(35)37-30(31)24(5)22-25(6)34/h12,14-16,18-19,23-24,26-31H,6,9-11,13,17,20-22H2,1-5,7-8H3/b16-12?,18-14+,19-15+/t23-,24+,26-,27+,28+,29-,30?,31+/m0/s1. The van der Waals surface area contributed by atoms with E-state index < -0.39 is 26.1 Å². The lowest BCUT2D eigenvalue weighted by Crippen LogP contribution is -2.52. The van der Waals surface area contributed by atoms with E-state index in [2.05, 4.69) is 69.0 Å². The zero-order valence-corrected chi connectivity index (χ0v) is 29.4. The summed E-state index contributed by atoms with van der Waals surface area (Å²) in [5.74, 6) is -1.25. The van der Waals surface area contributed by atoms with Crippen molar-refractivity contribution < 1.29 is 28.2 Å². The third-order valence-electron chi connectivity index (χ3n) is 8.83. The molecule has 3 rings (SSSR count). The summed E-state index contributed by atoms with van der Waals surface area (Å²) >= 11 is 2.28. The molecule has 8 heteroatoms. The van der Waals surface area contributed by atoms with Crippen LogP contribution in [0.2, 0.25) is 18.1 Å². The van der Waals surface area contributed by atoms with Crippen molar-refractivity contribution in [2.24, 2.45) is 11.8 Å². The Labute approximate surface area is 263 Å². The molecule has 0 amide bonds. The Hall–Kier alpha value is -0.783. The average molecular weight is 701 g/mol. The second kappa shape index (κ2) is 15.8. The van der Waals surface area contributed by atoms with Crippen molar-refractivity contribution in [2.75, 3.05) is 0 Å². The van der Waals surface area contributed by atoms with Crippen molar-refractivity contribution in [3.8, 4) is 0 Å². The Kier molecular flexibility index (Phi) is 13.4. The van der Waals surface area contributed by atoms with Crippen molar-refractivity contribution in [1.29, 1.82) is 0 Å². The number of halogens is 1. The first-order chi connectivity index (χ1) is 19.4. The molecular formula is C33H53IO6Si. The Morgan fingerprint density at radius 1 is 1.07 bits per heavy atom. The zero-order valence-electron chi connectivity index (χ0n) is 26.3. The number of hydrogen-bond donors (Lipinski definition) is 0. The monoisotopic (exact) mass is 700 g/mol. The first-order valence-electron chi connectivity index (χ1n) is 15.7. The summed E-state index contributed by atoms with van der Waals surface area (Å²) in [6.07, 6.45) is 15.5. The summed E-state index contributed by atoms with van der Waals surface area (Å²) in [7, 11) is -2.03. The number of hydrogen-bond acceptors (Lipinski definition) is 6. The number of cyclic esters (lactones) is 1. The van der Waals surface area contributed by atoms with E-state index in [1.807, 2.05) is 45.1 Å². The van der Waals surface area contributed by atoms with Crippen molar-refractivity contribution in [3.05, 3.63) is 46.6 Å². The Bertz CT molecular complexity index is 949. The van der Waals surface area contributed by atoms with Gasteiger partial charge in [-0.05, 0) is 97.2 Å². The van der Waals surface area contributed by atoms with E-state index in [4.69, 9.17) is 23.4 Å². The van der Waals surface area contributed by atoms with Gasteiger partial charge in [-0.2, -0.15) is 0 Å². The molecule has 6 nitrogen and oxygen atoms in total. The van der Waals surface area contributed by atoms with Gasteiger partial charge in [0, 0.05) is 5.92 Å². The van der Waals surface area contributed by atoms with Crippen LogP contribution in [0, 0.1) is 11.8 Å². The third-order valence-corrected chi connectivity index (χ3v) is 13.9. The maximum atomic E-state index is 13.5. The lowest BCUT2D eigenvalue weighted by Gasteiger charge is -2.41. The molecule has 8 atom stereocenters. The largest absolute Gasteiger partial charge is 0.459 e. The van der Waals surface area contributed by atoms with E-state index in [1.165, 1.54) is 0 Å². The molecule has 2 bridgehead atoms. The second-order valence-corrected chi connectivity index (χ2v) is 18.7. The van der Waals surface area contributed by atoms with Crippen molar-refractivity contribution in [3.63, 3.8) is 0 Å². The van der Waals surface area contributed by atoms with Gasteiger partial charge in [0.05, 0.1) is 18.1 Å². The summed E-state index contributed by atoms with van der Waals surface area (Å²) in [6, 6.07) is 3.09. The summed E-state index contributed by atoms with van der Waals surface area (Å²) < 4.78 is 33.6. The molecule has 3 aliphatic heterocycles. The SMILES string of the molecule is C=C(I)C[C@@H](C)C1OC(=O)[C@@H](C)C=C/C=C/[C@H]2OC(C)(C)O[C@@H]2/C=C/CC[C@H]2CC[C@H](O2)[C@H]1O[Si](CC)(CC)CC. The molecule has 0 aromatic rings. The fourth-order valence-corrected chi connectivity index (χ4v) is 9.71. The fourth-order valence-electron chi connectivity index (χ4n) is 6.16. The molecule has 0 aromatic carbocycles. The average Bonchev–Trinajstić information content (AvgIpc) is 3.51. The number of carbonyl (C=O) groups is 1. The Morgan fingerprint density at radius 2 is 1.71 bits per heavy atom. The van der Waals surface area contributed by atoms with Crippen LogP contribution in [0.3, 0.4) is 0 Å². The molecule has 3 heterocycles. The molecule has 41 heavy (non-hydrogen) atoms. The molecule has 0 saturated carbocycles. The van der Waals surface area contributed by atoms with E-state index in [1.54, 1.807) is 0 Å². The minimum Gasteiger partial charge on any atom is -0.459 e. The molecule has 0 N–H and O–H groups in total. The van der Waals surface area contributed by atoms with Crippen LogP contribution in [0.25, 0.3) is 0 Å². The number of allylic oxidation sites excluding steroid dienone is 4. The highest BCUT2D eigenvalue weighted by atomic mass is 127. The molecule has 232 valence electrons. The summed E-state index contributed by atoms with van der Waals surface area (Å²) in [4.78, 5) is 13.5. The zero-order chi connectivity index (χ0) is 30.2. The minimum atomic E-state index is -2.03. The first kappa shape index (κ1) is 34.7. The van der Waals surface area contributed by atoms with E-state index in [0.717, 1.165) is 53.8 Å². The van der Waals surface area contributed by atoms with Crippen LogP contribution < -0.4 is 0 Å². The van der Waals surface area contributed by atoms with E-state index >= 15 is 0 Å². The van der Waals surface area contributed by atoms with Crippen molar-refractivity contribution >= 4 is 36.9 Å². The lowest BCUT2D eigenvalue weighted by molar-refractivity contribution is -0.168. The molecule has 0 spiro atoms. The molecule has 0 aliphatic carbocycles. The molecule has 3 aliphatic rings. The highest BCUT2D eigenvalue weighted by Gasteiger charge is 2.45. The van der Waals surface area contributed by atoms with Crippen LogP contribution in [0.15, 0.2) is 46.6 Å². The quantitative estimate of drug-likeness (QED) is 0.110. The van der Waals surface area contributed by atoms with Crippen LogP contribution in [0.4, 0.5) is 0 Å². The molecular weight excluding hydrogens is 647 g/mol. The van der Waals surface area contributed by atoms with Crippen LogP contribution in [-0.2, 0) is 28.2 Å².